The van der Waals surface area contributed by atoms with Gasteiger partial charge in [-0.15, -0.1) is 0 Å². The van der Waals surface area contributed by atoms with Gasteiger partial charge < -0.3 is 0 Å². The van der Waals surface area contributed by atoms with E-state index in [0.717, 1.165) is 18.3 Å². The van der Waals surface area contributed by atoms with E-state index < -0.39 is 23.4 Å². The zero-order valence-electron chi connectivity index (χ0n) is 12.1. The van der Waals surface area contributed by atoms with Gasteiger partial charge in [0.1, 0.15) is 11.6 Å². The van der Waals surface area contributed by atoms with E-state index >= 15 is 0 Å². The van der Waals surface area contributed by atoms with Gasteiger partial charge in [-0.05, 0) is 34.9 Å². The van der Waals surface area contributed by atoms with E-state index in [9.17, 15) is 22.0 Å². The lowest BCUT2D eigenvalue weighted by Crippen LogP contribution is -2.07. The van der Waals surface area contributed by atoms with Crippen LogP contribution >= 0.6 is 0 Å². The molecule has 0 amide bonds. The van der Waals surface area contributed by atoms with Crippen molar-refractivity contribution in [3.63, 3.8) is 0 Å². The summed E-state index contributed by atoms with van der Waals surface area (Å²) in [5.41, 5.74) is 0.0953. The van der Waals surface area contributed by atoms with E-state index in [2.05, 4.69) is 4.98 Å². The lowest BCUT2D eigenvalue weighted by molar-refractivity contribution is -0.137. The summed E-state index contributed by atoms with van der Waals surface area (Å²) >= 11 is 0. The van der Waals surface area contributed by atoms with Gasteiger partial charge in [-0.25, -0.2) is 8.78 Å². The second kappa shape index (κ2) is 6.03. The second-order valence-corrected chi connectivity index (χ2v) is 5.12. The molecule has 3 rings (SSSR count). The summed E-state index contributed by atoms with van der Waals surface area (Å²) in [4.78, 5) is 3.52. The maximum atomic E-state index is 13.8. The van der Waals surface area contributed by atoms with Gasteiger partial charge >= 0.3 is 6.18 Å². The number of benzene rings is 2. The van der Waals surface area contributed by atoms with Crippen molar-refractivity contribution in [2.75, 3.05) is 0 Å². The molecular weight excluding hydrogens is 325 g/mol. The largest absolute Gasteiger partial charge is 0.418 e. The van der Waals surface area contributed by atoms with Crippen LogP contribution in [0.15, 0.2) is 60.9 Å². The highest BCUT2D eigenvalue weighted by Crippen LogP contribution is 2.37. The summed E-state index contributed by atoms with van der Waals surface area (Å²) in [6.07, 6.45) is -2.48. The Labute approximate surface area is 134 Å². The normalized spacial score (nSPS) is 11.5. The van der Waals surface area contributed by atoms with Gasteiger partial charge in [0.25, 0.3) is 0 Å². The average molecular weight is 335 g/mol. The molecule has 0 atom stereocenters. The molecule has 0 spiro atoms. The fourth-order valence-corrected chi connectivity index (χ4v) is 2.43. The first-order valence-electron chi connectivity index (χ1n) is 6.93. The Balaban J connectivity index is 2.02. The lowest BCUT2D eigenvalue weighted by atomic mass is 9.98. The Morgan fingerprint density at radius 1 is 0.750 bits per heavy atom. The Hall–Kier alpha value is -2.76. The van der Waals surface area contributed by atoms with Crippen LogP contribution in [0.25, 0.3) is 22.3 Å². The van der Waals surface area contributed by atoms with Crippen molar-refractivity contribution in [2.24, 2.45) is 0 Å². The monoisotopic (exact) mass is 335 g/mol. The fraction of sp³-hybridized carbons (Fsp3) is 0.0556. The molecule has 0 aliphatic carbocycles. The predicted octanol–water partition coefficient (Wildman–Crippen LogP) is 5.71. The van der Waals surface area contributed by atoms with E-state index in [-0.39, 0.29) is 11.1 Å². The standard InChI is InChI=1S/C18H10F5N/c19-13-5-6-15(17(20)9-13)12-3-1-11(2-4-12)14-7-8-24-10-16(14)18(21,22)23/h1-10H. The van der Waals surface area contributed by atoms with E-state index in [0.29, 0.717) is 11.1 Å². The molecule has 1 nitrogen and oxygen atoms in total. The van der Waals surface area contributed by atoms with Crippen LogP contribution in [-0.4, -0.2) is 4.98 Å². The highest BCUT2D eigenvalue weighted by Gasteiger charge is 2.33. The SMILES string of the molecule is Fc1ccc(-c2ccc(-c3ccncc3C(F)(F)F)cc2)c(F)c1. The van der Waals surface area contributed by atoms with Gasteiger partial charge in [-0.2, -0.15) is 13.2 Å². The van der Waals surface area contributed by atoms with Crippen molar-refractivity contribution in [1.29, 1.82) is 0 Å². The Morgan fingerprint density at radius 2 is 1.38 bits per heavy atom. The summed E-state index contributed by atoms with van der Waals surface area (Å²) < 4.78 is 65.9. The summed E-state index contributed by atoms with van der Waals surface area (Å²) in [7, 11) is 0. The summed E-state index contributed by atoms with van der Waals surface area (Å²) in [6, 6.07) is 10.3. The predicted molar refractivity (Wildman–Crippen MR) is 80.0 cm³/mol. The van der Waals surface area contributed by atoms with Crippen LogP contribution in [0.3, 0.4) is 0 Å². The van der Waals surface area contributed by atoms with E-state index in [1.165, 1.54) is 42.6 Å². The van der Waals surface area contributed by atoms with Crippen molar-refractivity contribution in [3.05, 3.63) is 78.1 Å². The minimum atomic E-state index is -4.52. The molecule has 2 aromatic carbocycles. The topological polar surface area (TPSA) is 12.9 Å². The van der Waals surface area contributed by atoms with Crippen molar-refractivity contribution in [3.8, 4) is 22.3 Å². The molecule has 0 saturated carbocycles. The zero-order valence-corrected chi connectivity index (χ0v) is 12.1. The molecule has 0 N–H and O–H groups in total. The second-order valence-electron chi connectivity index (χ2n) is 5.12. The van der Waals surface area contributed by atoms with Crippen LogP contribution in [0.2, 0.25) is 0 Å². The molecule has 6 heteroatoms. The Kier molecular flexibility index (Phi) is 4.05. The van der Waals surface area contributed by atoms with Crippen LogP contribution in [0.5, 0.6) is 0 Å². The summed E-state index contributed by atoms with van der Waals surface area (Å²) in [5, 5.41) is 0. The first-order valence-corrected chi connectivity index (χ1v) is 6.93. The van der Waals surface area contributed by atoms with E-state index in [1.54, 1.807) is 0 Å². The van der Waals surface area contributed by atoms with Crippen LogP contribution in [0.4, 0.5) is 22.0 Å². The third kappa shape index (κ3) is 3.13. The molecule has 0 unspecified atom stereocenters. The number of hydrogen-bond donors (Lipinski definition) is 0. The van der Waals surface area contributed by atoms with Crippen molar-refractivity contribution in [2.45, 2.75) is 6.18 Å². The lowest BCUT2D eigenvalue weighted by Gasteiger charge is -2.12. The molecule has 122 valence electrons. The molecule has 3 aromatic rings. The summed E-state index contributed by atoms with van der Waals surface area (Å²) in [6.45, 7) is 0. The van der Waals surface area contributed by atoms with Crippen LogP contribution in [0, 0.1) is 11.6 Å². The molecular formula is C18H10F5N. The number of alkyl halides is 3. The number of halogens is 5. The first kappa shape index (κ1) is 16.1. The molecule has 0 aliphatic heterocycles. The van der Waals surface area contributed by atoms with Crippen molar-refractivity contribution >= 4 is 0 Å². The first-order chi connectivity index (χ1) is 11.4. The zero-order chi connectivity index (χ0) is 17.3. The smallest absolute Gasteiger partial charge is 0.264 e. The Bertz CT molecular complexity index is 869. The fourth-order valence-electron chi connectivity index (χ4n) is 2.43. The van der Waals surface area contributed by atoms with Gasteiger partial charge in [-0.1, -0.05) is 24.3 Å². The number of rotatable bonds is 2. The molecule has 1 aromatic heterocycles. The number of aromatic nitrogens is 1. The van der Waals surface area contributed by atoms with E-state index in [1.807, 2.05) is 0 Å². The quantitative estimate of drug-likeness (QED) is 0.546. The van der Waals surface area contributed by atoms with Gasteiger partial charge in [-0.3, -0.25) is 4.98 Å². The van der Waals surface area contributed by atoms with Gasteiger partial charge in [0.15, 0.2) is 0 Å². The van der Waals surface area contributed by atoms with Crippen molar-refractivity contribution in [1.82, 2.24) is 4.98 Å². The molecule has 0 saturated heterocycles. The summed E-state index contributed by atoms with van der Waals surface area (Å²) in [5.74, 6) is -1.43. The highest BCUT2D eigenvalue weighted by molar-refractivity contribution is 5.72. The van der Waals surface area contributed by atoms with Crippen LogP contribution in [-0.2, 0) is 6.18 Å². The molecule has 0 fully saturated rings. The van der Waals surface area contributed by atoms with Gasteiger partial charge in [0.05, 0.1) is 5.56 Å². The number of hydrogen-bond acceptors (Lipinski definition) is 1. The third-order valence-electron chi connectivity index (χ3n) is 3.56. The molecule has 0 aliphatic rings. The maximum absolute atomic E-state index is 13.8. The number of nitrogens with zero attached hydrogens (tertiary/aromatic N) is 1. The van der Waals surface area contributed by atoms with Crippen LogP contribution in [0.1, 0.15) is 5.56 Å². The molecule has 1 heterocycles. The third-order valence-corrected chi connectivity index (χ3v) is 3.56. The molecule has 0 radical (unpaired) electrons. The minimum absolute atomic E-state index is 0.0105. The highest BCUT2D eigenvalue weighted by atomic mass is 19.4. The van der Waals surface area contributed by atoms with Gasteiger partial charge in [0.2, 0.25) is 0 Å². The number of pyridine rings is 1. The average Bonchev–Trinajstić information content (AvgIpc) is 2.54. The van der Waals surface area contributed by atoms with Crippen LogP contribution < -0.4 is 0 Å². The molecule has 24 heavy (non-hydrogen) atoms. The maximum Gasteiger partial charge on any atom is 0.418 e. The van der Waals surface area contributed by atoms with Crippen molar-refractivity contribution < 1.29 is 22.0 Å². The Morgan fingerprint density at radius 3 is 1.96 bits per heavy atom. The van der Waals surface area contributed by atoms with Gasteiger partial charge in [0, 0.05) is 24.0 Å². The minimum Gasteiger partial charge on any atom is -0.264 e. The molecule has 0 bridgehead atoms. The van der Waals surface area contributed by atoms with E-state index in [4.69, 9.17) is 0 Å².